The summed E-state index contributed by atoms with van der Waals surface area (Å²) in [5.41, 5.74) is 0.816. The van der Waals surface area contributed by atoms with E-state index in [9.17, 15) is 9.59 Å². The molecule has 2 amide bonds. The molecule has 4 nitrogen and oxygen atoms in total. The molecule has 0 bridgehead atoms. The topological polar surface area (TPSA) is 49.4 Å². The Balaban J connectivity index is 2.63. The van der Waals surface area contributed by atoms with Crippen molar-refractivity contribution >= 4 is 12.3 Å². The van der Waals surface area contributed by atoms with E-state index >= 15 is 0 Å². The van der Waals surface area contributed by atoms with Gasteiger partial charge in [0.25, 0.3) is 0 Å². The molecule has 0 aromatic heterocycles. The molecule has 1 aliphatic rings. The van der Waals surface area contributed by atoms with Gasteiger partial charge in [-0.05, 0) is 39.2 Å². The number of carbonyl (C=O) groups is 2. The zero-order valence-electron chi connectivity index (χ0n) is 10.5. The van der Waals surface area contributed by atoms with Crippen molar-refractivity contribution < 1.29 is 9.59 Å². The Bertz CT molecular complexity index is 332. The van der Waals surface area contributed by atoms with Crippen molar-refractivity contribution in [3.63, 3.8) is 0 Å². The third-order valence-electron chi connectivity index (χ3n) is 2.50. The Morgan fingerprint density at radius 1 is 1.47 bits per heavy atom. The Morgan fingerprint density at radius 3 is 2.88 bits per heavy atom. The first-order chi connectivity index (χ1) is 8.13. The number of nitrogens with zero attached hydrogens (tertiary/aromatic N) is 1. The lowest BCUT2D eigenvalue weighted by Gasteiger charge is -2.15. The van der Waals surface area contributed by atoms with Gasteiger partial charge >= 0.3 is 0 Å². The molecule has 0 aliphatic carbocycles. The number of carbonyl (C=O) groups excluding carboxylic acids is 2. The fourth-order valence-corrected chi connectivity index (χ4v) is 1.69. The number of allylic oxidation sites excluding steroid dienone is 2. The summed E-state index contributed by atoms with van der Waals surface area (Å²) in [6.07, 6.45) is 9.05. The molecule has 0 spiro atoms. The SMILES string of the molecule is CC(C)NC(=O)/C=C/C1=CCCCCN1C=O. The Kier molecular flexibility index (Phi) is 5.46. The van der Waals surface area contributed by atoms with Crippen molar-refractivity contribution in [1.82, 2.24) is 10.2 Å². The maximum Gasteiger partial charge on any atom is 0.244 e. The summed E-state index contributed by atoms with van der Waals surface area (Å²) in [6.45, 7) is 4.55. The Morgan fingerprint density at radius 2 is 2.24 bits per heavy atom. The first kappa shape index (κ1) is 13.5. The summed E-state index contributed by atoms with van der Waals surface area (Å²) in [4.78, 5) is 24.0. The van der Waals surface area contributed by atoms with Crippen LogP contribution < -0.4 is 5.32 Å². The number of hydrogen-bond acceptors (Lipinski definition) is 2. The van der Waals surface area contributed by atoms with Crippen LogP contribution in [0.25, 0.3) is 0 Å². The van der Waals surface area contributed by atoms with E-state index in [0.29, 0.717) is 0 Å². The second-order valence-electron chi connectivity index (χ2n) is 4.42. The Labute approximate surface area is 102 Å². The predicted octanol–water partition coefficient (Wildman–Crippen LogP) is 1.59. The maximum absolute atomic E-state index is 11.4. The van der Waals surface area contributed by atoms with Crippen LogP contribution >= 0.6 is 0 Å². The first-order valence-corrected chi connectivity index (χ1v) is 6.04. The van der Waals surface area contributed by atoms with E-state index in [1.807, 2.05) is 19.9 Å². The first-order valence-electron chi connectivity index (χ1n) is 6.04. The van der Waals surface area contributed by atoms with Crippen molar-refractivity contribution in [1.29, 1.82) is 0 Å². The molecule has 0 unspecified atom stereocenters. The maximum atomic E-state index is 11.4. The van der Waals surface area contributed by atoms with E-state index in [1.165, 1.54) is 6.08 Å². The molecule has 94 valence electrons. The molecule has 4 heteroatoms. The van der Waals surface area contributed by atoms with E-state index in [1.54, 1.807) is 11.0 Å². The van der Waals surface area contributed by atoms with Gasteiger partial charge in [0.05, 0.1) is 0 Å². The highest BCUT2D eigenvalue weighted by Crippen LogP contribution is 2.13. The predicted molar refractivity (Wildman–Crippen MR) is 67.1 cm³/mol. The lowest BCUT2D eigenvalue weighted by Crippen LogP contribution is -2.28. The zero-order valence-corrected chi connectivity index (χ0v) is 10.5. The van der Waals surface area contributed by atoms with E-state index in [2.05, 4.69) is 5.32 Å². The van der Waals surface area contributed by atoms with Crippen molar-refractivity contribution in [3.05, 3.63) is 23.9 Å². The minimum absolute atomic E-state index is 0.123. The summed E-state index contributed by atoms with van der Waals surface area (Å²) in [5.74, 6) is -0.129. The van der Waals surface area contributed by atoms with Gasteiger partial charge in [0.2, 0.25) is 12.3 Å². The quantitative estimate of drug-likeness (QED) is 0.595. The van der Waals surface area contributed by atoms with Crippen LogP contribution in [0, 0.1) is 0 Å². The van der Waals surface area contributed by atoms with E-state index < -0.39 is 0 Å². The Hall–Kier alpha value is -1.58. The summed E-state index contributed by atoms with van der Waals surface area (Å²) in [6, 6.07) is 0.123. The van der Waals surface area contributed by atoms with Crippen LogP contribution in [0.3, 0.4) is 0 Å². The van der Waals surface area contributed by atoms with Crippen molar-refractivity contribution in [2.24, 2.45) is 0 Å². The molecule has 1 rings (SSSR count). The summed E-state index contributed by atoms with van der Waals surface area (Å²) >= 11 is 0. The van der Waals surface area contributed by atoms with Crippen LogP contribution in [-0.4, -0.2) is 29.8 Å². The number of amides is 2. The second-order valence-corrected chi connectivity index (χ2v) is 4.42. The fourth-order valence-electron chi connectivity index (χ4n) is 1.69. The van der Waals surface area contributed by atoms with Gasteiger partial charge in [-0.1, -0.05) is 6.08 Å². The highest BCUT2D eigenvalue weighted by molar-refractivity contribution is 5.88. The molecular weight excluding hydrogens is 216 g/mol. The molecular formula is C13H20N2O2. The van der Waals surface area contributed by atoms with Crippen molar-refractivity contribution in [2.45, 2.75) is 39.2 Å². The molecule has 1 heterocycles. The van der Waals surface area contributed by atoms with Gasteiger partial charge in [-0.15, -0.1) is 0 Å². The second kappa shape index (κ2) is 6.89. The zero-order chi connectivity index (χ0) is 12.7. The molecule has 17 heavy (non-hydrogen) atoms. The van der Waals surface area contributed by atoms with Crippen molar-refractivity contribution in [3.8, 4) is 0 Å². The van der Waals surface area contributed by atoms with Gasteiger partial charge in [-0.3, -0.25) is 9.59 Å². The number of nitrogens with one attached hydrogen (secondary N) is 1. The van der Waals surface area contributed by atoms with Crippen LogP contribution in [0.15, 0.2) is 23.9 Å². The number of rotatable bonds is 4. The van der Waals surface area contributed by atoms with Crippen LogP contribution in [0.2, 0.25) is 0 Å². The average Bonchev–Trinajstić information content (AvgIpc) is 2.49. The highest BCUT2D eigenvalue weighted by Gasteiger charge is 2.09. The van der Waals surface area contributed by atoms with Crippen molar-refractivity contribution in [2.75, 3.05) is 6.54 Å². The molecule has 0 aromatic rings. The normalized spacial score (nSPS) is 16.9. The molecule has 1 N–H and O–H groups in total. The lowest BCUT2D eigenvalue weighted by atomic mass is 10.2. The summed E-state index contributed by atoms with van der Waals surface area (Å²) < 4.78 is 0. The van der Waals surface area contributed by atoms with E-state index in [0.717, 1.165) is 37.9 Å². The van der Waals surface area contributed by atoms with Gasteiger partial charge in [0.15, 0.2) is 0 Å². The smallest absolute Gasteiger partial charge is 0.244 e. The summed E-state index contributed by atoms with van der Waals surface area (Å²) in [7, 11) is 0. The van der Waals surface area contributed by atoms with Crippen LogP contribution in [0.1, 0.15) is 33.1 Å². The molecule has 0 radical (unpaired) electrons. The monoisotopic (exact) mass is 236 g/mol. The lowest BCUT2D eigenvalue weighted by molar-refractivity contribution is -0.117. The summed E-state index contributed by atoms with van der Waals surface area (Å²) in [5, 5.41) is 2.77. The third-order valence-corrected chi connectivity index (χ3v) is 2.50. The van der Waals surface area contributed by atoms with Gasteiger partial charge in [0.1, 0.15) is 0 Å². The van der Waals surface area contributed by atoms with Gasteiger partial charge < -0.3 is 10.2 Å². The van der Waals surface area contributed by atoms with E-state index in [4.69, 9.17) is 0 Å². The van der Waals surface area contributed by atoms with Crippen LogP contribution in [0.4, 0.5) is 0 Å². The third kappa shape index (κ3) is 4.85. The number of hydrogen-bond donors (Lipinski definition) is 1. The average molecular weight is 236 g/mol. The van der Waals surface area contributed by atoms with Crippen LogP contribution in [-0.2, 0) is 9.59 Å². The minimum atomic E-state index is -0.129. The molecule has 1 aliphatic heterocycles. The standard InChI is InChI=1S/C13H20N2O2/c1-11(2)14-13(17)8-7-12-6-4-3-5-9-15(12)10-16/h6-8,10-11H,3-5,9H2,1-2H3,(H,14,17)/b8-7+. The van der Waals surface area contributed by atoms with Gasteiger partial charge in [0, 0.05) is 24.4 Å². The molecule has 0 fully saturated rings. The minimum Gasteiger partial charge on any atom is -0.350 e. The van der Waals surface area contributed by atoms with E-state index in [-0.39, 0.29) is 11.9 Å². The van der Waals surface area contributed by atoms with Gasteiger partial charge in [-0.2, -0.15) is 0 Å². The highest BCUT2D eigenvalue weighted by atomic mass is 16.1. The molecule has 0 atom stereocenters. The van der Waals surface area contributed by atoms with Gasteiger partial charge in [-0.25, -0.2) is 0 Å². The van der Waals surface area contributed by atoms with Crippen LogP contribution in [0.5, 0.6) is 0 Å². The largest absolute Gasteiger partial charge is 0.350 e. The molecule has 0 saturated carbocycles. The molecule has 0 saturated heterocycles. The molecule has 0 aromatic carbocycles. The fraction of sp³-hybridized carbons (Fsp3) is 0.538.